The van der Waals surface area contributed by atoms with Crippen molar-refractivity contribution < 1.29 is 9.18 Å². The lowest BCUT2D eigenvalue weighted by molar-refractivity contribution is -0.132. The molecule has 4 nitrogen and oxygen atoms in total. The van der Waals surface area contributed by atoms with Crippen LogP contribution in [0.4, 0.5) is 4.39 Å². The minimum Gasteiger partial charge on any atom is -0.346 e. The van der Waals surface area contributed by atoms with Gasteiger partial charge in [0.2, 0.25) is 5.91 Å². The van der Waals surface area contributed by atoms with E-state index in [2.05, 4.69) is 9.97 Å². The largest absolute Gasteiger partial charge is 0.346 e. The molecule has 5 heteroatoms. The van der Waals surface area contributed by atoms with Crippen molar-refractivity contribution in [1.29, 1.82) is 0 Å². The van der Waals surface area contributed by atoms with Gasteiger partial charge in [0.25, 0.3) is 0 Å². The number of hydrogen-bond acceptors (Lipinski definition) is 2. The Labute approximate surface area is 135 Å². The van der Waals surface area contributed by atoms with E-state index in [4.69, 9.17) is 0 Å². The molecule has 0 bridgehead atoms. The number of rotatable bonds is 4. The van der Waals surface area contributed by atoms with E-state index in [0.29, 0.717) is 24.9 Å². The highest BCUT2D eigenvalue weighted by Gasteiger charge is 2.26. The number of hydrogen-bond donors (Lipinski definition) is 1. The van der Waals surface area contributed by atoms with Crippen LogP contribution in [-0.4, -0.2) is 33.9 Å². The van der Waals surface area contributed by atoms with Gasteiger partial charge in [0, 0.05) is 37.3 Å². The molecule has 1 saturated heterocycles. The fourth-order valence-electron chi connectivity index (χ4n) is 3.17. The first-order valence-electron chi connectivity index (χ1n) is 8.16. The molecule has 1 aliphatic rings. The summed E-state index contributed by atoms with van der Waals surface area (Å²) >= 11 is 0. The van der Waals surface area contributed by atoms with Crippen molar-refractivity contribution in [2.45, 2.75) is 38.5 Å². The quantitative estimate of drug-likeness (QED) is 0.942. The van der Waals surface area contributed by atoms with Gasteiger partial charge in [-0.05, 0) is 37.8 Å². The Kier molecular flexibility index (Phi) is 4.74. The van der Waals surface area contributed by atoms with Crippen molar-refractivity contribution in [3.63, 3.8) is 0 Å². The third-order valence-electron chi connectivity index (χ3n) is 4.45. The van der Waals surface area contributed by atoms with E-state index in [9.17, 15) is 9.18 Å². The van der Waals surface area contributed by atoms with Gasteiger partial charge in [-0.15, -0.1) is 0 Å². The minimum atomic E-state index is -0.233. The average Bonchev–Trinajstić information content (AvgIpc) is 3.00. The lowest BCUT2D eigenvalue weighted by Gasteiger charge is -2.32. The molecule has 0 unspecified atom stereocenters. The summed E-state index contributed by atoms with van der Waals surface area (Å²) in [6, 6.07) is 6.66. The smallest absolute Gasteiger partial charge is 0.222 e. The summed E-state index contributed by atoms with van der Waals surface area (Å²) in [6.45, 7) is 3.46. The molecule has 0 spiro atoms. The number of nitrogens with one attached hydrogen (secondary N) is 1. The van der Waals surface area contributed by atoms with Crippen LogP contribution < -0.4 is 0 Å². The molecule has 0 radical (unpaired) electrons. The topological polar surface area (TPSA) is 49.0 Å². The predicted octanol–water partition coefficient (Wildman–Crippen LogP) is 3.20. The van der Waals surface area contributed by atoms with Crippen molar-refractivity contribution in [3.05, 3.63) is 53.4 Å². The molecular formula is C18H22FN3O. The van der Waals surface area contributed by atoms with Crippen LogP contribution in [0, 0.1) is 12.7 Å². The van der Waals surface area contributed by atoms with Gasteiger partial charge in [-0.3, -0.25) is 4.79 Å². The molecule has 1 aromatic heterocycles. The van der Waals surface area contributed by atoms with E-state index in [0.717, 1.165) is 30.9 Å². The van der Waals surface area contributed by atoms with Crippen LogP contribution in [0.15, 0.2) is 30.5 Å². The number of carbonyl (C=O) groups is 1. The molecule has 1 amide bonds. The number of nitrogens with zero attached hydrogens (tertiary/aromatic N) is 2. The second kappa shape index (κ2) is 6.94. The Morgan fingerprint density at radius 2 is 2.26 bits per heavy atom. The molecule has 1 aliphatic heterocycles. The Morgan fingerprint density at radius 1 is 1.43 bits per heavy atom. The third-order valence-corrected chi connectivity index (χ3v) is 4.45. The summed E-state index contributed by atoms with van der Waals surface area (Å²) in [5, 5.41) is 0. The zero-order valence-electron chi connectivity index (χ0n) is 13.4. The molecule has 122 valence electrons. The monoisotopic (exact) mass is 315 g/mol. The zero-order valence-corrected chi connectivity index (χ0v) is 13.4. The van der Waals surface area contributed by atoms with Crippen molar-refractivity contribution in [2.24, 2.45) is 0 Å². The van der Waals surface area contributed by atoms with E-state index >= 15 is 0 Å². The van der Waals surface area contributed by atoms with E-state index in [1.165, 1.54) is 6.07 Å². The SMILES string of the molecule is Cc1cnc([C@H]2CCCN(C(=O)CCc3ccccc3F)C2)[nH]1. The summed E-state index contributed by atoms with van der Waals surface area (Å²) in [6.07, 6.45) is 4.66. The molecule has 1 aromatic carbocycles. The van der Waals surface area contributed by atoms with Crippen molar-refractivity contribution in [3.8, 4) is 0 Å². The second-order valence-electron chi connectivity index (χ2n) is 6.22. The number of piperidine rings is 1. The summed E-state index contributed by atoms with van der Waals surface area (Å²) in [5.74, 6) is 1.10. The minimum absolute atomic E-state index is 0.0984. The van der Waals surface area contributed by atoms with Crippen molar-refractivity contribution in [1.82, 2.24) is 14.9 Å². The lowest BCUT2D eigenvalue weighted by Crippen LogP contribution is -2.39. The fourth-order valence-corrected chi connectivity index (χ4v) is 3.17. The molecule has 1 N–H and O–H groups in total. The second-order valence-corrected chi connectivity index (χ2v) is 6.22. The van der Waals surface area contributed by atoms with Gasteiger partial charge in [0.05, 0.1) is 0 Å². The summed E-state index contributed by atoms with van der Waals surface area (Å²) in [7, 11) is 0. The number of carbonyl (C=O) groups excluding carboxylic acids is 1. The molecule has 23 heavy (non-hydrogen) atoms. The van der Waals surface area contributed by atoms with E-state index in [1.807, 2.05) is 18.0 Å². The van der Waals surface area contributed by atoms with Crippen molar-refractivity contribution in [2.75, 3.05) is 13.1 Å². The van der Waals surface area contributed by atoms with E-state index in [1.54, 1.807) is 18.2 Å². The van der Waals surface area contributed by atoms with Crippen LogP contribution in [-0.2, 0) is 11.2 Å². The molecule has 2 heterocycles. The average molecular weight is 315 g/mol. The molecular weight excluding hydrogens is 293 g/mol. The van der Waals surface area contributed by atoms with Gasteiger partial charge in [0.1, 0.15) is 11.6 Å². The van der Waals surface area contributed by atoms with Crippen LogP contribution in [0.3, 0.4) is 0 Å². The fraction of sp³-hybridized carbons (Fsp3) is 0.444. The number of imidazole rings is 1. The zero-order chi connectivity index (χ0) is 16.2. The van der Waals surface area contributed by atoms with Crippen LogP contribution >= 0.6 is 0 Å². The highest BCUT2D eigenvalue weighted by Crippen LogP contribution is 2.25. The summed E-state index contributed by atoms with van der Waals surface area (Å²) in [4.78, 5) is 22.0. The van der Waals surface area contributed by atoms with Gasteiger partial charge < -0.3 is 9.88 Å². The normalized spacial score (nSPS) is 18.2. The van der Waals surface area contributed by atoms with Crippen LogP contribution in [0.2, 0.25) is 0 Å². The molecule has 1 fully saturated rings. The highest BCUT2D eigenvalue weighted by molar-refractivity contribution is 5.76. The Balaban J connectivity index is 1.58. The van der Waals surface area contributed by atoms with Gasteiger partial charge >= 0.3 is 0 Å². The number of likely N-dealkylation sites (tertiary alicyclic amines) is 1. The first-order chi connectivity index (χ1) is 11.1. The van der Waals surface area contributed by atoms with Gasteiger partial charge in [-0.2, -0.15) is 0 Å². The van der Waals surface area contributed by atoms with Crippen LogP contribution in [0.1, 0.15) is 42.3 Å². The maximum atomic E-state index is 13.6. The number of aryl methyl sites for hydroxylation is 2. The Bertz CT molecular complexity index is 682. The first kappa shape index (κ1) is 15.7. The molecule has 2 aromatic rings. The van der Waals surface area contributed by atoms with E-state index < -0.39 is 0 Å². The Hall–Kier alpha value is -2.17. The number of amides is 1. The number of halogens is 1. The Morgan fingerprint density at radius 3 is 3.00 bits per heavy atom. The first-order valence-corrected chi connectivity index (χ1v) is 8.16. The van der Waals surface area contributed by atoms with Gasteiger partial charge in [-0.1, -0.05) is 18.2 Å². The number of benzene rings is 1. The number of aromatic amines is 1. The number of aromatic nitrogens is 2. The number of H-pyrrole nitrogens is 1. The van der Waals surface area contributed by atoms with Crippen molar-refractivity contribution >= 4 is 5.91 Å². The van der Waals surface area contributed by atoms with Gasteiger partial charge in [0.15, 0.2) is 0 Å². The summed E-state index contributed by atoms with van der Waals surface area (Å²) < 4.78 is 13.6. The lowest BCUT2D eigenvalue weighted by atomic mass is 9.96. The maximum absolute atomic E-state index is 13.6. The van der Waals surface area contributed by atoms with Gasteiger partial charge in [-0.25, -0.2) is 9.37 Å². The molecule has 0 aliphatic carbocycles. The predicted molar refractivity (Wildman–Crippen MR) is 86.6 cm³/mol. The van der Waals surface area contributed by atoms with Crippen LogP contribution in [0.25, 0.3) is 0 Å². The van der Waals surface area contributed by atoms with Crippen LogP contribution in [0.5, 0.6) is 0 Å². The summed E-state index contributed by atoms with van der Waals surface area (Å²) in [5.41, 5.74) is 1.65. The highest BCUT2D eigenvalue weighted by atomic mass is 19.1. The maximum Gasteiger partial charge on any atom is 0.222 e. The molecule has 3 rings (SSSR count). The molecule has 0 saturated carbocycles. The van der Waals surface area contributed by atoms with E-state index in [-0.39, 0.29) is 17.6 Å². The third kappa shape index (κ3) is 3.78. The molecule has 1 atom stereocenters. The standard InChI is InChI=1S/C18H22FN3O/c1-13-11-20-18(21-13)15-6-4-10-22(12-15)17(23)9-8-14-5-2-3-7-16(14)19/h2-3,5,7,11,15H,4,6,8-10,12H2,1H3,(H,20,21)/t15-/m0/s1.